The molecule has 2 aromatic carbocycles. The normalized spacial score (nSPS) is 25.1. The summed E-state index contributed by atoms with van der Waals surface area (Å²) in [6, 6.07) is 8.10. The third-order valence-electron chi connectivity index (χ3n) is 4.57. The minimum Gasteiger partial charge on any atom is -0.465 e. The van der Waals surface area contributed by atoms with Crippen LogP contribution in [0.4, 0.5) is 10.5 Å². The molecule has 0 radical (unpaired) electrons. The standard InChI is InChI=1S/C16H9BrN2O7/c17-7-4-5-9-11(6-7)26-16(23)12-8(2-1-3-10(12)19(24)25)13(20)15(9,16)18-14(21)22/h1-6,18,23H,(H,21,22)/t15-,16-/m0/s1. The van der Waals surface area contributed by atoms with Gasteiger partial charge in [0.05, 0.1) is 4.92 Å². The Labute approximate surface area is 153 Å². The second-order valence-corrected chi connectivity index (χ2v) is 6.77. The van der Waals surface area contributed by atoms with E-state index in [0.29, 0.717) is 4.47 Å². The van der Waals surface area contributed by atoms with Crippen LogP contribution < -0.4 is 10.1 Å². The van der Waals surface area contributed by atoms with Crippen molar-refractivity contribution in [1.82, 2.24) is 5.32 Å². The van der Waals surface area contributed by atoms with Crippen molar-refractivity contribution >= 4 is 33.5 Å². The number of carbonyl (C=O) groups is 2. The Morgan fingerprint density at radius 3 is 2.69 bits per heavy atom. The molecule has 2 aliphatic rings. The Balaban J connectivity index is 2.10. The van der Waals surface area contributed by atoms with Crippen LogP contribution in [0.25, 0.3) is 0 Å². The van der Waals surface area contributed by atoms with Crippen LogP contribution in [0.15, 0.2) is 40.9 Å². The van der Waals surface area contributed by atoms with E-state index in [1.165, 1.54) is 24.3 Å². The van der Waals surface area contributed by atoms with Gasteiger partial charge in [-0.25, -0.2) is 4.79 Å². The fourth-order valence-electron chi connectivity index (χ4n) is 3.63. The number of ether oxygens (including phenoxy) is 1. The monoisotopic (exact) mass is 420 g/mol. The van der Waals surface area contributed by atoms with Crippen LogP contribution in [0, 0.1) is 10.1 Å². The zero-order valence-corrected chi connectivity index (χ0v) is 14.3. The lowest BCUT2D eigenvalue weighted by molar-refractivity contribution is -0.388. The number of rotatable bonds is 2. The number of amides is 1. The highest BCUT2D eigenvalue weighted by molar-refractivity contribution is 9.10. The van der Waals surface area contributed by atoms with Gasteiger partial charge in [-0.3, -0.25) is 20.2 Å². The third-order valence-corrected chi connectivity index (χ3v) is 5.06. The number of nitro groups is 1. The van der Waals surface area contributed by atoms with Gasteiger partial charge in [0.2, 0.25) is 11.3 Å². The highest BCUT2D eigenvalue weighted by Crippen LogP contribution is 2.60. The average Bonchev–Trinajstić information content (AvgIpc) is 2.91. The molecular weight excluding hydrogens is 412 g/mol. The number of carboxylic acid groups (broad SMARTS) is 1. The lowest BCUT2D eigenvalue weighted by atomic mass is 9.83. The van der Waals surface area contributed by atoms with E-state index in [2.05, 4.69) is 21.2 Å². The number of benzene rings is 2. The fraction of sp³-hybridized carbons (Fsp3) is 0.125. The summed E-state index contributed by atoms with van der Waals surface area (Å²) in [7, 11) is 0. The van der Waals surface area contributed by atoms with E-state index in [-0.39, 0.29) is 22.4 Å². The summed E-state index contributed by atoms with van der Waals surface area (Å²) >= 11 is 3.22. The molecule has 1 heterocycles. The van der Waals surface area contributed by atoms with E-state index >= 15 is 0 Å². The molecule has 2 atom stereocenters. The maximum Gasteiger partial charge on any atom is 0.405 e. The molecule has 3 N–H and O–H groups in total. The lowest BCUT2D eigenvalue weighted by Crippen LogP contribution is -2.59. The Hall–Kier alpha value is -2.98. The van der Waals surface area contributed by atoms with Crippen molar-refractivity contribution in [1.29, 1.82) is 0 Å². The number of hydrogen-bond acceptors (Lipinski definition) is 6. The minimum atomic E-state index is -2.59. The first kappa shape index (κ1) is 16.5. The van der Waals surface area contributed by atoms with Crippen molar-refractivity contribution in [2.75, 3.05) is 0 Å². The number of aliphatic hydroxyl groups is 1. The number of Topliss-reactive ketones (excluding diaryl/α,β-unsaturated/α-hetero) is 1. The van der Waals surface area contributed by atoms with Crippen LogP contribution in [0.3, 0.4) is 0 Å². The van der Waals surface area contributed by atoms with E-state index in [9.17, 15) is 29.9 Å². The topological polar surface area (TPSA) is 139 Å². The van der Waals surface area contributed by atoms with Crippen molar-refractivity contribution in [2.24, 2.45) is 0 Å². The molecule has 26 heavy (non-hydrogen) atoms. The lowest BCUT2D eigenvalue weighted by Gasteiger charge is -2.33. The fourth-order valence-corrected chi connectivity index (χ4v) is 3.97. The summed E-state index contributed by atoms with van der Waals surface area (Å²) in [4.78, 5) is 35.3. The molecule has 0 spiro atoms. The maximum absolute atomic E-state index is 13.2. The van der Waals surface area contributed by atoms with Crippen LogP contribution in [0.5, 0.6) is 5.75 Å². The van der Waals surface area contributed by atoms with E-state index in [4.69, 9.17) is 4.74 Å². The van der Waals surface area contributed by atoms with Gasteiger partial charge in [0.1, 0.15) is 11.3 Å². The highest BCUT2D eigenvalue weighted by Gasteiger charge is 2.73. The molecule has 0 bridgehead atoms. The maximum atomic E-state index is 13.2. The number of nitrogens with one attached hydrogen (secondary N) is 1. The highest BCUT2D eigenvalue weighted by atomic mass is 79.9. The summed E-state index contributed by atoms with van der Waals surface area (Å²) in [6.45, 7) is 0. The minimum absolute atomic E-state index is 0.0350. The van der Waals surface area contributed by atoms with Gasteiger partial charge in [0, 0.05) is 21.7 Å². The summed E-state index contributed by atoms with van der Waals surface area (Å²) in [5.41, 5.74) is -3.27. The SMILES string of the molecule is O=C(O)N[C@@]12C(=O)c3cccc([N+](=O)[O-])c3[C@]1(O)Oc1cc(Br)ccc12. The summed E-state index contributed by atoms with van der Waals surface area (Å²) in [5, 5.41) is 34.1. The number of nitro benzene ring substituents is 1. The Morgan fingerprint density at radius 1 is 1.31 bits per heavy atom. The molecule has 132 valence electrons. The van der Waals surface area contributed by atoms with Gasteiger partial charge in [-0.2, -0.15) is 0 Å². The van der Waals surface area contributed by atoms with Gasteiger partial charge in [-0.15, -0.1) is 0 Å². The van der Waals surface area contributed by atoms with E-state index in [1.807, 2.05) is 0 Å². The molecule has 2 aromatic rings. The first-order chi connectivity index (χ1) is 12.2. The number of hydrogen-bond donors (Lipinski definition) is 3. The molecule has 0 fully saturated rings. The second kappa shape index (κ2) is 5.02. The molecule has 0 saturated heterocycles. The molecule has 4 rings (SSSR count). The van der Waals surface area contributed by atoms with Crippen molar-refractivity contribution in [3.8, 4) is 5.75 Å². The summed E-state index contributed by atoms with van der Waals surface area (Å²) < 4.78 is 6.12. The second-order valence-electron chi connectivity index (χ2n) is 5.85. The van der Waals surface area contributed by atoms with Gasteiger partial charge in [-0.05, 0) is 12.1 Å². The van der Waals surface area contributed by atoms with Gasteiger partial charge in [0.25, 0.3) is 11.5 Å². The third kappa shape index (κ3) is 1.77. The Bertz CT molecular complexity index is 1020. The molecule has 1 aliphatic heterocycles. The molecule has 0 unspecified atom stereocenters. The van der Waals surface area contributed by atoms with Crippen molar-refractivity contribution < 1.29 is 29.5 Å². The molecule has 10 heteroatoms. The zero-order valence-electron chi connectivity index (χ0n) is 12.7. The predicted octanol–water partition coefficient (Wildman–Crippen LogP) is 2.25. The van der Waals surface area contributed by atoms with Gasteiger partial charge in [-0.1, -0.05) is 34.1 Å². The first-order valence-corrected chi connectivity index (χ1v) is 8.07. The molecule has 0 saturated carbocycles. The molecule has 1 amide bonds. The van der Waals surface area contributed by atoms with Crippen LogP contribution in [0.1, 0.15) is 21.5 Å². The van der Waals surface area contributed by atoms with E-state index in [0.717, 1.165) is 6.07 Å². The van der Waals surface area contributed by atoms with Crippen LogP contribution >= 0.6 is 15.9 Å². The van der Waals surface area contributed by atoms with Gasteiger partial charge < -0.3 is 14.9 Å². The number of ketones is 1. The smallest absolute Gasteiger partial charge is 0.405 e. The number of halogens is 1. The Kier molecular flexibility index (Phi) is 3.18. The van der Waals surface area contributed by atoms with Crippen LogP contribution in [-0.2, 0) is 11.3 Å². The molecule has 1 aliphatic carbocycles. The number of nitrogens with zero attached hydrogens (tertiary/aromatic N) is 1. The number of carbonyl (C=O) groups excluding carboxylic acids is 1. The molecular formula is C16H9BrN2O7. The molecule has 9 nitrogen and oxygen atoms in total. The number of fused-ring (bicyclic) bond motifs is 5. The Morgan fingerprint density at radius 2 is 2.04 bits per heavy atom. The summed E-state index contributed by atoms with van der Waals surface area (Å²) in [5.74, 6) is -3.39. The van der Waals surface area contributed by atoms with Crippen LogP contribution in [0.2, 0.25) is 0 Å². The summed E-state index contributed by atoms with van der Waals surface area (Å²) in [6.07, 6.45) is -1.59. The average molecular weight is 421 g/mol. The first-order valence-electron chi connectivity index (χ1n) is 7.27. The largest absolute Gasteiger partial charge is 0.465 e. The van der Waals surface area contributed by atoms with E-state index in [1.54, 1.807) is 6.07 Å². The zero-order chi connectivity index (χ0) is 18.9. The predicted molar refractivity (Wildman–Crippen MR) is 88.9 cm³/mol. The van der Waals surface area contributed by atoms with Crippen molar-refractivity contribution in [3.63, 3.8) is 0 Å². The van der Waals surface area contributed by atoms with Crippen molar-refractivity contribution in [2.45, 2.75) is 11.3 Å². The van der Waals surface area contributed by atoms with Gasteiger partial charge in [0.15, 0.2) is 0 Å². The van der Waals surface area contributed by atoms with Crippen LogP contribution in [-0.4, -0.2) is 27.0 Å². The van der Waals surface area contributed by atoms with Gasteiger partial charge >= 0.3 is 6.09 Å². The quantitative estimate of drug-likeness (QED) is 0.499. The van der Waals surface area contributed by atoms with E-state index < -0.39 is 33.8 Å². The molecule has 0 aromatic heterocycles. The van der Waals surface area contributed by atoms with Crippen molar-refractivity contribution in [3.05, 3.63) is 67.7 Å².